The maximum atomic E-state index is 11.6. The van der Waals surface area contributed by atoms with Crippen LogP contribution >= 0.6 is 0 Å². The van der Waals surface area contributed by atoms with Crippen molar-refractivity contribution in [2.45, 2.75) is 25.8 Å². The van der Waals surface area contributed by atoms with Crippen molar-refractivity contribution in [3.8, 4) is 0 Å². The average molecular weight is 248 g/mol. The first-order valence-electron chi connectivity index (χ1n) is 6.46. The summed E-state index contributed by atoms with van der Waals surface area (Å²) in [5.41, 5.74) is 5.01. The van der Waals surface area contributed by atoms with Crippen molar-refractivity contribution >= 4 is 5.97 Å². The molecule has 0 spiro atoms. The Bertz CT molecular complexity index is 401. The summed E-state index contributed by atoms with van der Waals surface area (Å²) in [4.78, 5) is 11.6. The number of nitrogens with one attached hydrogen (secondary N) is 1. The Morgan fingerprint density at radius 1 is 1.28 bits per heavy atom. The average Bonchev–Trinajstić information content (AvgIpc) is 2.45. The summed E-state index contributed by atoms with van der Waals surface area (Å²) in [6.07, 6.45) is 3.80. The number of esters is 1. The summed E-state index contributed by atoms with van der Waals surface area (Å²) in [6, 6.07) is 7.57. The van der Waals surface area contributed by atoms with Gasteiger partial charge in [0, 0.05) is 19.6 Å². The summed E-state index contributed by atoms with van der Waals surface area (Å²) < 4.78 is 4.79. The maximum Gasteiger partial charge on any atom is 0.338 e. The summed E-state index contributed by atoms with van der Waals surface area (Å²) >= 11 is 0. The van der Waals surface area contributed by atoms with Gasteiger partial charge in [0.25, 0.3) is 0 Å². The molecule has 0 unspecified atom stereocenters. The third-order valence-electron chi connectivity index (χ3n) is 3.27. The van der Waals surface area contributed by atoms with Crippen molar-refractivity contribution in [3.05, 3.63) is 35.4 Å². The van der Waals surface area contributed by atoms with Gasteiger partial charge in [0.15, 0.2) is 0 Å². The van der Waals surface area contributed by atoms with Crippen molar-refractivity contribution in [3.63, 3.8) is 0 Å². The number of methoxy groups -OCH3 is 1. The second kappa shape index (κ2) is 6.52. The topological polar surface area (TPSA) is 41.6 Å². The molecule has 2 rings (SSSR count). The number of hydrogen-bond acceptors (Lipinski definition) is 4. The van der Waals surface area contributed by atoms with Crippen LogP contribution in [0.3, 0.4) is 0 Å². The number of hydrazine groups is 1. The summed E-state index contributed by atoms with van der Waals surface area (Å²) in [6.45, 7) is 2.84. The van der Waals surface area contributed by atoms with E-state index in [1.165, 1.54) is 26.4 Å². The first-order valence-corrected chi connectivity index (χ1v) is 6.46. The van der Waals surface area contributed by atoms with Crippen molar-refractivity contribution < 1.29 is 9.53 Å². The van der Waals surface area contributed by atoms with Gasteiger partial charge in [0.2, 0.25) is 0 Å². The highest BCUT2D eigenvalue weighted by Crippen LogP contribution is 2.11. The van der Waals surface area contributed by atoms with Gasteiger partial charge in [-0.05, 0) is 24.5 Å². The molecule has 1 fully saturated rings. The van der Waals surface area contributed by atoms with Crippen molar-refractivity contribution in [1.82, 2.24) is 10.4 Å². The predicted molar refractivity (Wildman–Crippen MR) is 70.0 cm³/mol. The van der Waals surface area contributed by atoms with E-state index in [9.17, 15) is 4.79 Å². The second-order valence-electron chi connectivity index (χ2n) is 4.53. The van der Waals surface area contributed by atoms with Crippen molar-refractivity contribution in [2.75, 3.05) is 20.2 Å². The van der Waals surface area contributed by atoms with E-state index >= 15 is 0 Å². The molecule has 0 saturated carbocycles. The fraction of sp³-hybridized carbons (Fsp3) is 0.500. The number of piperidine rings is 1. The van der Waals surface area contributed by atoms with E-state index in [0.29, 0.717) is 12.1 Å². The minimum Gasteiger partial charge on any atom is -0.465 e. The Balaban J connectivity index is 1.97. The number of rotatable bonds is 4. The van der Waals surface area contributed by atoms with E-state index in [4.69, 9.17) is 4.74 Å². The largest absolute Gasteiger partial charge is 0.465 e. The Kier molecular flexibility index (Phi) is 4.73. The monoisotopic (exact) mass is 248 g/mol. The number of hydrogen-bond donors (Lipinski definition) is 1. The minimum absolute atomic E-state index is 0.272. The molecular formula is C14H20N2O2. The van der Waals surface area contributed by atoms with Crippen LogP contribution in [0.1, 0.15) is 35.2 Å². The molecule has 1 aromatic carbocycles. The van der Waals surface area contributed by atoms with Gasteiger partial charge in [-0.15, -0.1) is 0 Å². The fourth-order valence-corrected chi connectivity index (χ4v) is 2.23. The van der Waals surface area contributed by atoms with Crippen LogP contribution < -0.4 is 5.43 Å². The van der Waals surface area contributed by atoms with E-state index in [1.807, 2.05) is 18.2 Å². The van der Waals surface area contributed by atoms with E-state index in [0.717, 1.165) is 18.7 Å². The fourth-order valence-electron chi connectivity index (χ4n) is 2.23. The molecule has 0 amide bonds. The van der Waals surface area contributed by atoms with Crippen molar-refractivity contribution in [1.29, 1.82) is 0 Å². The van der Waals surface area contributed by atoms with Gasteiger partial charge in [-0.3, -0.25) is 5.43 Å². The van der Waals surface area contributed by atoms with Gasteiger partial charge in [-0.1, -0.05) is 24.6 Å². The van der Waals surface area contributed by atoms with Crippen LogP contribution in [0.5, 0.6) is 0 Å². The molecule has 1 aliphatic heterocycles. The third-order valence-corrected chi connectivity index (χ3v) is 3.27. The molecule has 4 heteroatoms. The molecule has 1 aliphatic rings. The van der Waals surface area contributed by atoms with Crippen LogP contribution in [0.2, 0.25) is 0 Å². The number of nitrogens with zero attached hydrogens (tertiary/aromatic N) is 1. The van der Waals surface area contributed by atoms with E-state index < -0.39 is 0 Å². The molecule has 0 atom stereocenters. The molecule has 0 aromatic heterocycles. The lowest BCUT2D eigenvalue weighted by Crippen LogP contribution is -2.41. The number of carbonyl (C=O) groups is 1. The molecule has 0 radical (unpaired) electrons. The van der Waals surface area contributed by atoms with Crippen LogP contribution in [0.25, 0.3) is 0 Å². The normalized spacial score (nSPS) is 16.5. The zero-order chi connectivity index (χ0) is 12.8. The zero-order valence-electron chi connectivity index (χ0n) is 10.8. The van der Waals surface area contributed by atoms with Gasteiger partial charge < -0.3 is 4.74 Å². The minimum atomic E-state index is -0.272. The molecule has 4 nitrogen and oxygen atoms in total. The molecule has 1 heterocycles. The van der Waals surface area contributed by atoms with Crippen LogP contribution in [0.15, 0.2) is 24.3 Å². The highest BCUT2D eigenvalue weighted by molar-refractivity contribution is 5.90. The molecule has 1 N–H and O–H groups in total. The van der Waals surface area contributed by atoms with Gasteiger partial charge in [0.1, 0.15) is 0 Å². The lowest BCUT2D eigenvalue weighted by atomic mass is 10.1. The smallest absolute Gasteiger partial charge is 0.338 e. The number of benzene rings is 1. The standard InChI is InChI=1S/C14H20N2O2/c1-18-14(17)13-8-4-3-7-12(13)11-15-16-9-5-2-6-10-16/h3-4,7-8,15H,2,5-6,9-11H2,1H3. The summed E-state index contributed by atoms with van der Waals surface area (Å²) in [7, 11) is 1.41. The van der Waals surface area contributed by atoms with E-state index in [-0.39, 0.29) is 5.97 Å². The molecule has 1 saturated heterocycles. The van der Waals surface area contributed by atoms with E-state index in [1.54, 1.807) is 6.07 Å². The Labute approximate surface area is 108 Å². The highest BCUT2D eigenvalue weighted by atomic mass is 16.5. The van der Waals surface area contributed by atoms with Gasteiger partial charge in [-0.25, -0.2) is 9.80 Å². The zero-order valence-corrected chi connectivity index (χ0v) is 10.8. The summed E-state index contributed by atoms with van der Waals surface area (Å²) in [5.74, 6) is -0.272. The van der Waals surface area contributed by atoms with Gasteiger partial charge in [0.05, 0.1) is 12.7 Å². The first-order chi connectivity index (χ1) is 8.81. The maximum absolute atomic E-state index is 11.6. The Hall–Kier alpha value is -1.39. The molecular weight excluding hydrogens is 228 g/mol. The van der Waals surface area contributed by atoms with Gasteiger partial charge in [-0.2, -0.15) is 0 Å². The predicted octanol–water partition coefficient (Wildman–Crippen LogP) is 1.96. The lowest BCUT2D eigenvalue weighted by Gasteiger charge is -2.27. The van der Waals surface area contributed by atoms with Crippen LogP contribution in [0.4, 0.5) is 0 Å². The highest BCUT2D eigenvalue weighted by Gasteiger charge is 2.13. The lowest BCUT2D eigenvalue weighted by molar-refractivity contribution is 0.0598. The van der Waals surface area contributed by atoms with Crippen LogP contribution in [-0.2, 0) is 11.3 Å². The first kappa shape index (κ1) is 13.1. The SMILES string of the molecule is COC(=O)c1ccccc1CNN1CCCCC1. The quantitative estimate of drug-likeness (QED) is 0.827. The van der Waals surface area contributed by atoms with Crippen LogP contribution in [0, 0.1) is 0 Å². The third kappa shape index (κ3) is 3.31. The second-order valence-corrected chi connectivity index (χ2v) is 4.53. The van der Waals surface area contributed by atoms with E-state index in [2.05, 4.69) is 10.4 Å². The molecule has 18 heavy (non-hydrogen) atoms. The molecule has 1 aromatic rings. The number of ether oxygens (including phenoxy) is 1. The molecule has 0 aliphatic carbocycles. The van der Waals surface area contributed by atoms with Crippen LogP contribution in [-0.4, -0.2) is 31.2 Å². The Morgan fingerprint density at radius 2 is 2.00 bits per heavy atom. The van der Waals surface area contributed by atoms with Gasteiger partial charge >= 0.3 is 5.97 Å². The molecule has 0 bridgehead atoms. The molecule has 98 valence electrons. The Morgan fingerprint density at radius 3 is 2.72 bits per heavy atom. The summed E-state index contributed by atoms with van der Waals surface area (Å²) in [5, 5.41) is 2.23. The number of carbonyl (C=O) groups excluding carboxylic acids is 1. The van der Waals surface area contributed by atoms with Crippen molar-refractivity contribution in [2.24, 2.45) is 0 Å².